The first-order chi connectivity index (χ1) is 6.09. The summed E-state index contributed by atoms with van der Waals surface area (Å²) in [5.41, 5.74) is 0. The van der Waals surface area contributed by atoms with Gasteiger partial charge < -0.3 is 0 Å². The van der Waals surface area contributed by atoms with Gasteiger partial charge in [0.2, 0.25) is 5.16 Å². The van der Waals surface area contributed by atoms with Crippen LogP contribution in [0.5, 0.6) is 0 Å². The van der Waals surface area contributed by atoms with Gasteiger partial charge in [-0.3, -0.25) is 0 Å². The van der Waals surface area contributed by atoms with E-state index in [1.807, 2.05) is 7.05 Å². The van der Waals surface area contributed by atoms with Gasteiger partial charge in [-0.2, -0.15) is 0 Å². The van der Waals surface area contributed by atoms with Gasteiger partial charge in [0.1, 0.15) is 4.33 Å². The fourth-order valence-corrected chi connectivity index (χ4v) is 2.75. The average molecular weight is 239 g/mol. The SMILES string of the molecule is Cn1nnnc1SC[C@H]1CC1(Cl)Cl. The van der Waals surface area contributed by atoms with Crippen molar-refractivity contribution in [1.29, 1.82) is 0 Å². The Bertz CT molecular complexity index is 313. The van der Waals surface area contributed by atoms with Crippen LogP contribution < -0.4 is 0 Å². The number of aromatic nitrogens is 4. The van der Waals surface area contributed by atoms with E-state index in [0.717, 1.165) is 17.3 Å². The van der Waals surface area contributed by atoms with Gasteiger partial charge in [0.05, 0.1) is 0 Å². The highest BCUT2D eigenvalue weighted by molar-refractivity contribution is 7.99. The van der Waals surface area contributed by atoms with Gasteiger partial charge in [0, 0.05) is 18.7 Å². The predicted molar refractivity (Wildman–Crippen MR) is 52.1 cm³/mol. The molecular formula is C6H8Cl2N4S. The maximum Gasteiger partial charge on any atom is 0.209 e. The lowest BCUT2D eigenvalue weighted by Gasteiger charge is -1.98. The molecule has 1 aliphatic carbocycles. The molecule has 0 amide bonds. The third-order valence-electron chi connectivity index (χ3n) is 1.95. The van der Waals surface area contributed by atoms with Gasteiger partial charge in [-0.05, 0) is 16.8 Å². The minimum Gasteiger partial charge on any atom is -0.224 e. The summed E-state index contributed by atoms with van der Waals surface area (Å²) >= 11 is 13.3. The lowest BCUT2D eigenvalue weighted by molar-refractivity contribution is 0.664. The van der Waals surface area contributed by atoms with Crippen LogP contribution in [0, 0.1) is 5.92 Å². The van der Waals surface area contributed by atoms with E-state index in [1.165, 1.54) is 0 Å². The summed E-state index contributed by atoms with van der Waals surface area (Å²) in [6.45, 7) is 0. The lowest BCUT2D eigenvalue weighted by Crippen LogP contribution is -1.97. The number of tetrazole rings is 1. The fourth-order valence-electron chi connectivity index (χ4n) is 0.969. The first kappa shape index (κ1) is 9.55. The number of alkyl halides is 2. The van der Waals surface area contributed by atoms with Crippen molar-refractivity contribution in [2.45, 2.75) is 15.9 Å². The zero-order chi connectivity index (χ0) is 9.47. The van der Waals surface area contributed by atoms with Crippen LogP contribution in [0.4, 0.5) is 0 Å². The average Bonchev–Trinajstić information content (AvgIpc) is 2.47. The molecule has 0 aromatic carbocycles. The number of halogens is 2. The predicted octanol–water partition coefficient (Wildman–Crippen LogP) is 1.50. The Labute approximate surface area is 90.0 Å². The molecule has 0 N–H and O–H groups in total. The molecule has 0 aliphatic heterocycles. The van der Waals surface area contributed by atoms with E-state index in [4.69, 9.17) is 23.2 Å². The Morgan fingerprint density at radius 2 is 2.38 bits per heavy atom. The van der Waals surface area contributed by atoms with Crippen molar-refractivity contribution in [3.05, 3.63) is 0 Å². The van der Waals surface area contributed by atoms with Crippen molar-refractivity contribution in [1.82, 2.24) is 20.2 Å². The van der Waals surface area contributed by atoms with Crippen molar-refractivity contribution in [2.75, 3.05) is 5.75 Å². The van der Waals surface area contributed by atoms with E-state index in [2.05, 4.69) is 15.5 Å². The van der Waals surface area contributed by atoms with Crippen molar-refractivity contribution in [3.63, 3.8) is 0 Å². The van der Waals surface area contributed by atoms with Crippen molar-refractivity contribution < 1.29 is 0 Å². The van der Waals surface area contributed by atoms with Crippen molar-refractivity contribution >= 4 is 35.0 Å². The lowest BCUT2D eigenvalue weighted by atomic mass is 10.5. The Morgan fingerprint density at radius 3 is 2.85 bits per heavy atom. The molecule has 1 aliphatic rings. The second-order valence-electron chi connectivity index (χ2n) is 3.06. The molecule has 0 bridgehead atoms. The first-order valence-electron chi connectivity index (χ1n) is 3.82. The fraction of sp³-hybridized carbons (Fsp3) is 0.833. The van der Waals surface area contributed by atoms with Gasteiger partial charge in [-0.15, -0.1) is 28.3 Å². The molecule has 0 spiro atoms. The molecule has 0 radical (unpaired) electrons. The van der Waals surface area contributed by atoms with Crippen LogP contribution >= 0.6 is 35.0 Å². The molecule has 0 unspecified atom stereocenters. The Balaban J connectivity index is 1.85. The zero-order valence-electron chi connectivity index (χ0n) is 6.94. The third kappa shape index (κ3) is 2.08. The highest BCUT2D eigenvalue weighted by Crippen LogP contribution is 2.54. The molecule has 1 fully saturated rings. The molecule has 4 nitrogen and oxygen atoms in total. The zero-order valence-corrected chi connectivity index (χ0v) is 9.27. The molecule has 7 heteroatoms. The molecule has 1 saturated carbocycles. The quantitative estimate of drug-likeness (QED) is 0.592. The summed E-state index contributed by atoms with van der Waals surface area (Å²) in [6.07, 6.45) is 0.869. The normalized spacial score (nSPS) is 24.7. The van der Waals surface area contributed by atoms with Crippen LogP contribution in [-0.2, 0) is 7.05 Å². The molecule has 0 saturated heterocycles. The second-order valence-corrected chi connectivity index (χ2v) is 5.59. The van der Waals surface area contributed by atoms with Gasteiger partial charge in [-0.1, -0.05) is 11.8 Å². The Hall–Kier alpha value is -0.000000000000000111. The number of hydrogen-bond acceptors (Lipinski definition) is 4. The molecule has 1 aromatic rings. The molecular weight excluding hydrogens is 231 g/mol. The van der Waals surface area contributed by atoms with E-state index in [-0.39, 0.29) is 0 Å². The summed E-state index contributed by atoms with van der Waals surface area (Å²) in [6, 6.07) is 0. The second kappa shape index (κ2) is 3.29. The number of thioether (sulfide) groups is 1. The van der Waals surface area contributed by atoms with Crippen molar-refractivity contribution in [3.8, 4) is 0 Å². The number of rotatable bonds is 3. The van der Waals surface area contributed by atoms with Gasteiger partial charge in [0.15, 0.2) is 0 Å². The van der Waals surface area contributed by atoms with E-state index in [0.29, 0.717) is 5.92 Å². The standard InChI is InChI=1S/C6H8Cl2N4S/c1-12-5(9-10-11-12)13-3-4-2-6(4,7)8/h4H,2-3H2,1H3/t4-/m1/s1. The number of nitrogens with zero attached hydrogens (tertiary/aromatic N) is 4. The third-order valence-corrected chi connectivity index (χ3v) is 4.05. The Kier molecular flexibility index (Phi) is 2.42. The summed E-state index contributed by atoms with van der Waals surface area (Å²) in [4.78, 5) is 0. The number of aryl methyl sites for hydroxylation is 1. The van der Waals surface area contributed by atoms with E-state index in [1.54, 1.807) is 16.4 Å². The summed E-state index contributed by atoms with van der Waals surface area (Å²) in [5, 5.41) is 11.9. The van der Waals surface area contributed by atoms with Crippen LogP contribution in [0.2, 0.25) is 0 Å². The largest absolute Gasteiger partial charge is 0.224 e. The van der Waals surface area contributed by atoms with E-state index in [9.17, 15) is 0 Å². The van der Waals surface area contributed by atoms with Crippen LogP contribution in [0.1, 0.15) is 6.42 Å². The summed E-state index contributed by atoms with van der Waals surface area (Å²) in [7, 11) is 1.81. The summed E-state index contributed by atoms with van der Waals surface area (Å²) < 4.78 is 1.14. The topological polar surface area (TPSA) is 43.6 Å². The van der Waals surface area contributed by atoms with Gasteiger partial charge in [-0.25, -0.2) is 4.68 Å². The number of hydrogen-bond donors (Lipinski definition) is 0. The smallest absolute Gasteiger partial charge is 0.209 e. The molecule has 13 heavy (non-hydrogen) atoms. The van der Waals surface area contributed by atoms with Gasteiger partial charge in [0.25, 0.3) is 0 Å². The highest BCUT2D eigenvalue weighted by Gasteiger charge is 2.51. The van der Waals surface area contributed by atoms with Crippen LogP contribution in [0.15, 0.2) is 5.16 Å². The van der Waals surface area contributed by atoms with Crippen LogP contribution in [0.25, 0.3) is 0 Å². The molecule has 1 heterocycles. The van der Waals surface area contributed by atoms with Crippen LogP contribution in [0.3, 0.4) is 0 Å². The molecule has 2 rings (SSSR count). The maximum absolute atomic E-state index is 5.88. The molecule has 1 atom stereocenters. The van der Waals surface area contributed by atoms with Gasteiger partial charge >= 0.3 is 0 Å². The van der Waals surface area contributed by atoms with E-state index < -0.39 is 4.33 Å². The highest BCUT2D eigenvalue weighted by atomic mass is 35.5. The van der Waals surface area contributed by atoms with E-state index >= 15 is 0 Å². The minimum absolute atomic E-state index is 0.373. The molecule has 1 aromatic heterocycles. The first-order valence-corrected chi connectivity index (χ1v) is 5.57. The van der Waals surface area contributed by atoms with Crippen LogP contribution in [-0.4, -0.2) is 30.3 Å². The summed E-state index contributed by atoms with van der Waals surface area (Å²) in [5.74, 6) is 1.25. The maximum atomic E-state index is 5.88. The van der Waals surface area contributed by atoms with Crippen molar-refractivity contribution in [2.24, 2.45) is 13.0 Å². The molecule has 72 valence electrons. The minimum atomic E-state index is -0.501. The monoisotopic (exact) mass is 238 g/mol. The Morgan fingerprint density at radius 1 is 1.69 bits per heavy atom.